The maximum Gasteiger partial charge on any atom is 0.0357 e. The molecular formula is C11H21N3. The predicted molar refractivity (Wildman–Crippen MR) is 60.3 cm³/mol. The van der Waals surface area contributed by atoms with Crippen molar-refractivity contribution in [3.63, 3.8) is 0 Å². The minimum absolute atomic E-state index is 0.201. The van der Waals surface area contributed by atoms with E-state index in [9.17, 15) is 0 Å². The highest BCUT2D eigenvalue weighted by Crippen LogP contribution is 2.07. The van der Waals surface area contributed by atoms with Gasteiger partial charge in [0.1, 0.15) is 0 Å². The molecule has 0 aromatic carbocycles. The molecule has 0 aliphatic rings. The zero-order valence-corrected chi connectivity index (χ0v) is 9.59. The third-order valence-corrected chi connectivity index (χ3v) is 2.75. The Morgan fingerprint density at radius 2 is 2.14 bits per heavy atom. The summed E-state index contributed by atoms with van der Waals surface area (Å²) in [6.07, 6.45) is 1.95. The van der Waals surface area contributed by atoms with E-state index < -0.39 is 0 Å². The van der Waals surface area contributed by atoms with Crippen LogP contribution >= 0.6 is 0 Å². The second-order valence-electron chi connectivity index (χ2n) is 4.51. The van der Waals surface area contributed by atoms with E-state index in [0.29, 0.717) is 0 Å². The van der Waals surface area contributed by atoms with Crippen LogP contribution in [0.5, 0.6) is 0 Å². The molecule has 0 bridgehead atoms. The van der Waals surface area contributed by atoms with E-state index in [1.54, 1.807) is 0 Å². The Hall–Kier alpha value is -0.800. The van der Waals surface area contributed by atoms with Crippen LogP contribution < -0.4 is 5.32 Å². The molecule has 0 aliphatic heterocycles. The molecule has 2 N–H and O–H groups in total. The Morgan fingerprint density at radius 3 is 2.64 bits per heavy atom. The summed E-state index contributed by atoms with van der Waals surface area (Å²) in [4.78, 5) is 5.41. The minimum Gasteiger partial charge on any atom is -0.364 e. The normalized spacial score (nSPS) is 12.4. The molecular weight excluding hydrogens is 174 g/mol. The Morgan fingerprint density at radius 1 is 1.43 bits per heavy atom. The number of likely N-dealkylation sites (N-methyl/N-ethyl adjacent to an activating group) is 1. The standard InChI is InChI=1S/C11H21N3/c1-11(2,14(3)4)9-12-8-10-6-5-7-13-10/h5-7,12-13H,8-9H2,1-4H3. The molecule has 80 valence electrons. The average Bonchev–Trinajstić information content (AvgIpc) is 2.56. The molecule has 0 spiro atoms. The SMILES string of the molecule is CN(C)C(C)(C)CNCc1ccc[nH]1. The lowest BCUT2D eigenvalue weighted by atomic mass is 10.0. The zero-order valence-electron chi connectivity index (χ0n) is 9.59. The second-order valence-corrected chi connectivity index (χ2v) is 4.51. The lowest BCUT2D eigenvalue weighted by Gasteiger charge is -2.32. The van der Waals surface area contributed by atoms with Crippen molar-refractivity contribution in [2.75, 3.05) is 20.6 Å². The number of nitrogens with zero attached hydrogens (tertiary/aromatic N) is 1. The summed E-state index contributed by atoms with van der Waals surface area (Å²) in [5.74, 6) is 0. The van der Waals surface area contributed by atoms with Crippen LogP contribution in [0, 0.1) is 0 Å². The summed E-state index contributed by atoms with van der Waals surface area (Å²) >= 11 is 0. The number of hydrogen-bond donors (Lipinski definition) is 2. The minimum atomic E-state index is 0.201. The van der Waals surface area contributed by atoms with Gasteiger partial charge in [-0.3, -0.25) is 0 Å². The first kappa shape index (κ1) is 11.3. The zero-order chi connectivity index (χ0) is 10.6. The van der Waals surface area contributed by atoms with E-state index in [0.717, 1.165) is 13.1 Å². The summed E-state index contributed by atoms with van der Waals surface area (Å²) in [6.45, 7) is 6.35. The van der Waals surface area contributed by atoms with Gasteiger partial charge < -0.3 is 15.2 Å². The van der Waals surface area contributed by atoms with Gasteiger partial charge in [-0.15, -0.1) is 0 Å². The molecule has 3 nitrogen and oxygen atoms in total. The van der Waals surface area contributed by atoms with Gasteiger partial charge in [-0.25, -0.2) is 0 Å². The molecule has 1 rings (SSSR count). The molecule has 14 heavy (non-hydrogen) atoms. The Balaban J connectivity index is 2.28. The second kappa shape index (κ2) is 4.62. The monoisotopic (exact) mass is 195 g/mol. The molecule has 1 aromatic heterocycles. The van der Waals surface area contributed by atoms with Gasteiger partial charge in [0.15, 0.2) is 0 Å². The highest BCUT2D eigenvalue weighted by Gasteiger charge is 2.19. The number of rotatable bonds is 5. The summed E-state index contributed by atoms with van der Waals surface area (Å²) in [5.41, 5.74) is 1.44. The molecule has 0 aliphatic carbocycles. The fourth-order valence-corrected chi connectivity index (χ4v) is 1.14. The van der Waals surface area contributed by atoms with Crippen LogP contribution in [-0.2, 0) is 6.54 Å². The molecule has 0 fully saturated rings. The van der Waals surface area contributed by atoms with E-state index in [1.807, 2.05) is 12.3 Å². The fraction of sp³-hybridized carbons (Fsp3) is 0.636. The van der Waals surface area contributed by atoms with E-state index in [-0.39, 0.29) is 5.54 Å². The van der Waals surface area contributed by atoms with Gasteiger partial charge in [-0.05, 0) is 40.1 Å². The van der Waals surface area contributed by atoms with E-state index in [1.165, 1.54) is 5.69 Å². The Kier molecular flexibility index (Phi) is 3.72. The molecule has 0 atom stereocenters. The number of aromatic amines is 1. The number of aromatic nitrogens is 1. The first-order chi connectivity index (χ1) is 6.52. The lowest BCUT2D eigenvalue weighted by molar-refractivity contribution is 0.189. The quantitative estimate of drug-likeness (QED) is 0.745. The van der Waals surface area contributed by atoms with Gasteiger partial charge in [0.05, 0.1) is 0 Å². The van der Waals surface area contributed by atoms with Crippen LogP contribution in [0.25, 0.3) is 0 Å². The van der Waals surface area contributed by atoms with E-state index in [2.05, 4.69) is 49.2 Å². The van der Waals surface area contributed by atoms with Crippen LogP contribution in [0.3, 0.4) is 0 Å². The smallest absolute Gasteiger partial charge is 0.0357 e. The van der Waals surface area contributed by atoms with Gasteiger partial charge in [0, 0.05) is 30.5 Å². The molecule has 0 amide bonds. The van der Waals surface area contributed by atoms with Gasteiger partial charge in [0.25, 0.3) is 0 Å². The van der Waals surface area contributed by atoms with Crippen LogP contribution in [0.15, 0.2) is 18.3 Å². The van der Waals surface area contributed by atoms with Crippen molar-refractivity contribution < 1.29 is 0 Å². The Labute approximate surface area is 86.5 Å². The molecule has 0 unspecified atom stereocenters. The van der Waals surface area contributed by atoms with Crippen LogP contribution in [0.4, 0.5) is 0 Å². The van der Waals surface area contributed by atoms with Crippen molar-refractivity contribution in [3.05, 3.63) is 24.0 Å². The summed E-state index contributed by atoms with van der Waals surface area (Å²) in [6, 6.07) is 4.11. The number of nitrogens with one attached hydrogen (secondary N) is 2. The molecule has 1 aromatic rings. The highest BCUT2D eigenvalue weighted by molar-refractivity contribution is 5.03. The highest BCUT2D eigenvalue weighted by atomic mass is 15.2. The molecule has 0 radical (unpaired) electrons. The first-order valence-electron chi connectivity index (χ1n) is 5.03. The molecule has 1 heterocycles. The molecule has 0 saturated heterocycles. The third-order valence-electron chi connectivity index (χ3n) is 2.75. The van der Waals surface area contributed by atoms with Gasteiger partial charge in [-0.2, -0.15) is 0 Å². The van der Waals surface area contributed by atoms with Gasteiger partial charge >= 0.3 is 0 Å². The summed E-state index contributed by atoms with van der Waals surface area (Å²) in [5, 5.41) is 3.44. The predicted octanol–water partition coefficient (Wildman–Crippen LogP) is 1.44. The molecule has 0 saturated carbocycles. The van der Waals surface area contributed by atoms with Crippen molar-refractivity contribution >= 4 is 0 Å². The first-order valence-corrected chi connectivity index (χ1v) is 5.03. The van der Waals surface area contributed by atoms with Crippen molar-refractivity contribution in [2.24, 2.45) is 0 Å². The maximum atomic E-state index is 3.44. The van der Waals surface area contributed by atoms with Crippen molar-refractivity contribution in [1.82, 2.24) is 15.2 Å². The van der Waals surface area contributed by atoms with E-state index in [4.69, 9.17) is 0 Å². The topological polar surface area (TPSA) is 31.1 Å². The van der Waals surface area contributed by atoms with Gasteiger partial charge in [-0.1, -0.05) is 0 Å². The Bertz CT molecular complexity index is 250. The van der Waals surface area contributed by atoms with Crippen molar-refractivity contribution in [3.8, 4) is 0 Å². The average molecular weight is 195 g/mol. The number of hydrogen-bond acceptors (Lipinski definition) is 2. The van der Waals surface area contributed by atoms with E-state index >= 15 is 0 Å². The fourth-order valence-electron chi connectivity index (χ4n) is 1.14. The third kappa shape index (κ3) is 3.16. The largest absolute Gasteiger partial charge is 0.364 e. The van der Waals surface area contributed by atoms with Crippen LogP contribution in [0.2, 0.25) is 0 Å². The van der Waals surface area contributed by atoms with Gasteiger partial charge in [0.2, 0.25) is 0 Å². The summed E-state index contributed by atoms with van der Waals surface area (Å²) < 4.78 is 0. The number of H-pyrrole nitrogens is 1. The van der Waals surface area contributed by atoms with Crippen LogP contribution in [-0.4, -0.2) is 36.1 Å². The molecule has 3 heteroatoms. The maximum absolute atomic E-state index is 3.44. The van der Waals surface area contributed by atoms with Crippen LogP contribution in [0.1, 0.15) is 19.5 Å². The lowest BCUT2D eigenvalue weighted by Crippen LogP contribution is -2.46. The summed E-state index contributed by atoms with van der Waals surface area (Å²) in [7, 11) is 4.21. The van der Waals surface area contributed by atoms with Crippen molar-refractivity contribution in [2.45, 2.75) is 25.9 Å². The van der Waals surface area contributed by atoms with Crippen molar-refractivity contribution in [1.29, 1.82) is 0 Å².